The molecule has 6 rings (SSSR count). The highest BCUT2D eigenvalue weighted by Crippen LogP contribution is 2.37. The van der Waals surface area contributed by atoms with Crippen LogP contribution in [0.15, 0.2) is 91.0 Å². The number of carbonyl (C=O) groups is 1. The highest BCUT2D eigenvalue weighted by Gasteiger charge is 2.22. The van der Waals surface area contributed by atoms with Gasteiger partial charge in [-0.25, -0.2) is 0 Å². The van der Waals surface area contributed by atoms with E-state index in [0.29, 0.717) is 18.9 Å². The molecule has 0 atom stereocenters. The van der Waals surface area contributed by atoms with Gasteiger partial charge in [0.2, 0.25) is 5.91 Å². The van der Waals surface area contributed by atoms with E-state index in [9.17, 15) is 4.79 Å². The largest absolute Gasteiger partial charge is 0.367 e. The molecule has 4 aromatic carbocycles. The Bertz CT molecular complexity index is 1500. The van der Waals surface area contributed by atoms with E-state index >= 15 is 0 Å². The molecule has 3 nitrogen and oxygen atoms in total. The molecule has 1 aliphatic carbocycles. The van der Waals surface area contributed by atoms with Crippen molar-refractivity contribution in [2.45, 2.75) is 70.8 Å². The van der Waals surface area contributed by atoms with Crippen LogP contribution in [0.4, 0.5) is 5.69 Å². The lowest BCUT2D eigenvalue weighted by Gasteiger charge is -2.33. The third-order valence-electron chi connectivity index (χ3n) is 9.13. The van der Waals surface area contributed by atoms with Gasteiger partial charge in [-0.1, -0.05) is 110 Å². The van der Waals surface area contributed by atoms with Crippen LogP contribution in [0.3, 0.4) is 0 Å². The maximum atomic E-state index is 12.8. The monoisotopic (exact) mass is 556 g/mol. The number of hydrogen-bond donors (Lipinski definition) is 1. The van der Waals surface area contributed by atoms with Gasteiger partial charge >= 0.3 is 0 Å². The molecule has 0 radical (unpaired) electrons. The Morgan fingerprint density at radius 3 is 2.45 bits per heavy atom. The lowest BCUT2D eigenvalue weighted by atomic mass is 9.87. The van der Waals surface area contributed by atoms with Gasteiger partial charge in [-0.15, -0.1) is 0 Å². The number of rotatable bonds is 10. The molecule has 1 saturated carbocycles. The van der Waals surface area contributed by atoms with E-state index in [4.69, 9.17) is 0 Å². The Morgan fingerprint density at radius 2 is 1.64 bits per heavy atom. The number of aryl methyl sites for hydroxylation is 1. The smallest absolute Gasteiger partial charge is 0.220 e. The lowest BCUT2D eigenvalue weighted by molar-refractivity contribution is -0.122. The second-order valence-electron chi connectivity index (χ2n) is 12.3. The predicted molar refractivity (Wildman–Crippen MR) is 177 cm³/mol. The Labute approximate surface area is 251 Å². The molecular weight excluding hydrogens is 512 g/mol. The van der Waals surface area contributed by atoms with Crippen molar-refractivity contribution in [1.29, 1.82) is 0 Å². The topological polar surface area (TPSA) is 32.3 Å². The summed E-state index contributed by atoms with van der Waals surface area (Å²) in [6.07, 6.45) is 15.5. The normalized spacial score (nSPS) is 15.7. The summed E-state index contributed by atoms with van der Waals surface area (Å²) < 4.78 is 0. The summed E-state index contributed by atoms with van der Waals surface area (Å²) in [6.45, 7) is 2.72. The van der Waals surface area contributed by atoms with Crippen molar-refractivity contribution >= 4 is 28.4 Å². The molecule has 4 aromatic rings. The van der Waals surface area contributed by atoms with Gasteiger partial charge in [0.1, 0.15) is 0 Å². The van der Waals surface area contributed by atoms with Gasteiger partial charge in [0.05, 0.1) is 0 Å². The predicted octanol–water partition coefficient (Wildman–Crippen LogP) is 8.68. The molecule has 0 unspecified atom stereocenters. The first kappa shape index (κ1) is 28.3. The van der Waals surface area contributed by atoms with E-state index in [-0.39, 0.29) is 5.91 Å². The van der Waals surface area contributed by atoms with Gasteiger partial charge < -0.3 is 10.2 Å². The number of nitrogens with zero attached hydrogens (tertiary/aromatic N) is 1. The van der Waals surface area contributed by atoms with Gasteiger partial charge in [0, 0.05) is 31.7 Å². The van der Waals surface area contributed by atoms with Gasteiger partial charge in [0.25, 0.3) is 0 Å². The first-order chi connectivity index (χ1) is 20.7. The van der Waals surface area contributed by atoms with Crippen molar-refractivity contribution in [3.8, 4) is 0 Å². The third kappa shape index (κ3) is 7.13. The number of nitrogens with one attached hydrogen (secondary N) is 1. The average Bonchev–Trinajstić information content (AvgIpc) is 3.02. The molecule has 1 fully saturated rings. The Balaban J connectivity index is 1.26. The van der Waals surface area contributed by atoms with Gasteiger partial charge in [-0.05, 0) is 89.1 Å². The Kier molecular flexibility index (Phi) is 9.34. The highest BCUT2D eigenvalue weighted by molar-refractivity contribution is 5.94. The van der Waals surface area contributed by atoms with Crippen LogP contribution in [0.1, 0.15) is 72.8 Å². The van der Waals surface area contributed by atoms with E-state index in [2.05, 4.69) is 107 Å². The van der Waals surface area contributed by atoms with Crippen molar-refractivity contribution in [3.05, 3.63) is 119 Å². The fraction of sp³-hybridized carbons (Fsp3) is 0.359. The van der Waals surface area contributed by atoms with E-state index in [0.717, 1.165) is 38.8 Å². The molecular formula is C39H44N2O. The molecule has 1 heterocycles. The van der Waals surface area contributed by atoms with Crippen LogP contribution in [0.5, 0.6) is 0 Å². The van der Waals surface area contributed by atoms with E-state index in [1.807, 2.05) is 0 Å². The highest BCUT2D eigenvalue weighted by atomic mass is 16.1. The fourth-order valence-corrected chi connectivity index (χ4v) is 7.05. The minimum Gasteiger partial charge on any atom is -0.367 e. The molecule has 3 heteroatoms. The summed E-state index contributed by atoms with van der Waals surface area (Å²) in [5.74, 6) is 0.797. The van der Waals surface area contributed by atoms with Crippen molar-refractivity contribution < 1.29 is 4.79 Å². The number of hydrogen-bond acceptors (Lipinski definition) is 2. The molecule has 2 aliphatic rings. The van der Waals surface area contributed by atoms with Crippen molar-refractivity contribution in [3.63, 3.8) is 0 Å². The van der Waals surface area contributed by atoms with Gasteiger partial charge in [-0.2, -0.15) is 0 Å². The van der Waals surface area contributed by atoms with Gasteiger partial charge in [0.15, 0.2) is 0 Å². The molecule has 1 N–H and O–H groups in total. The first-order valence-corrected chi connectivity index (χ1v) is 16.1. The summed E-state index contributed by atoms with van der Waals surface area (Å²) in [6, 6.07) is 30.8. The second kappa shape index (κ2) is 13.9. The van der Waals surface area contributed by atoms with E-state index in [1.54, 1.807) is 0 Å². The maximum absolute atomic E-state index is 12.8. The minimum absolute atomic E-state index is 0.226. The molecule has 42 heavy (non-hydrogen) atoms. The molecule has 0 aromatic heterocycles. The third-order valence-corrected chi connectivity index (χ3v) is 9.13. The Hall–Kier alpha value is -3.85. The van der Waals surface area contributed by atoms with Crippen LogP contribution in [-0.2, 0) is 30.6 Å². The summed E-state index contributed by atoms with van der Waals surface area (Å²) in [5, 5.41) is 6.01. The quantitative estimate of drug-likeness (QED) is 0.212. The van der Waals surface area contributed by atoms with Crippen molar-refractivity contribution in [1.82, 2.24) is 5.32 Å². The molecule has 1 amide bonds. The lowest BCUT2D eigenvalue weighted by Crippen LogP contribution is -2.29. The number of carbonyl (C=O) groups excluding carboxylic acids is 1. The molecule has 0 spiro atoms. The van der Waals surface area contributed by atoms with Crippen molar-refractivity contribution in [2.24, 2.45) is 5.92 Å². The summed E-state index contributed by atoms with van der Waals surface area (Å²) in [7, 11) is 0. The Morgan fingerprint density at radius 1 is 0.857 bits per heavy atom. The molecule has 216 valence electrons. The zero-order chi connectivity index (χ0) is 28.6. The van der Waals surface area contributed by atoms with Crippen molar-refractivity contribution in [2.75, 3.05) is 18.0 Å². The standard InChI is InChI=1S/C39H44N2O/c42-38(28-31-14-6-2-7-15-31)40-24-23-35-27-33(19-10-18-30-12-4-1-5-13-30)26-34-21-22-37-36(39(34)35)20-11-25-41(37)29-32-16-8-3-9-17-32/h1,3-5,8-10,12-13,16-18,21-22,26-27,31H,2,6-7,11,14-15,19-20,23-25,28-29H2,(H,40,42)/b18-10+. The first-order valence-electron chi connectivity index (χ1n) is 16.1. The zero-order valence-electron chi connectivity index (χ0n) is 24.9. The summed E-state index contributed by atoms with van der Waals surface area (Å²) in [5.41, 5.74) is 8.13. The van der Waals surface area contributed by atoms with Crippen LogP contribution in [0.25, 0.3) is 16.8 Å². The maximum Gasteiger partial charge on any atom is 0.220 e. The van der Waals surface area contributed by atoms with Crippen LogP contribution >= 0.6 is 0 Å². The minimum atomic E-state index is 0.226. The van der Waals surface area contributed by atoms with E-state index in [1.165, 1.54) is 76.4 Å². The van der Waals surface area contributed by atoms with Gasteiger partial charge in [-0.3, -0.25) is 4.79 Å². The second-order valence-corrected chi connectivity index (χ2v) is 12.3. The molecule has 1 aliphatic heterocycles. The number of anilines is 1. The zero-order valence-corrected chi connectivity index (χ0v) is 24.9. The number of allylic oxidation sites excluding steroid dienone is 1. The molecule has 0 bridgehead atoms. The number of fused-ring (bicyclic) bond motifs is 3. The number of benzene rings is 4. The fourth-order valence-electron chi connectivity index (χ4n) is 7.05. The van der Waals surface area contributed by atoms with Crippen LogP contribution < -0.4 is 10.2 Å². The van der Waals surface area contributed by atoms with Crippen LogP contribution in [0, 0.1) is 5.92 Å². The van der Waals surface area contributed by atoms with E-state index < -0.39 is 0 Å². The van der Waals surface area contributed by atoms with Crippen LogP contribution in [-0.4, -0.2) is 19.0 Å². The average molecular weight is 557 g/mol. The summed E-state index contributed by atoms with van der Waals surface area (Å²) >= 11 is 0. The summed E-state index contributed by atoms with van der Waals surface area (Å²) in [4.78, 5) is 15.4. The van der Waals surface area contributed by atoms with Crippen LogP contribution in [0.2, 0.25) is 0 Å². The SMILES string of the molecule is O=C(CC1CCCCC1)NCCc1cc(C/C=C/c2ccccc2)cc2ccc3c(c12)CCCN3Cc1ccccc1. The number of amides is 1. The molecule has 0 saturated heterocycles.